The number of piperidine rings is 3. The Bertz CT molecular complexity index is 4110. The lowest BCUT2D eigenvalue weighted by Crippen LogP contribution is -2.37. The number of sulfonamides is 3. The summed E-state index contributed by atoms with van der Waals surface area (Å²) < 4.78 is 88.0. The first-order valence-corrected chi connectivity index (χ1v) is 36.0. The predicted molar refractivity (Wildman–Crippen MR) is 353 cm³/mol. The molecule has 6 aliphatic heterocycles. The number of nitrogens with zero attached hydrogens (tertiary/aromatic N) is 11. The average Bonchev–Trinajstić information content (AvgIpc) is 1.03. The number of carbonyl (C=O) groups is 4. The molecule has 3 aromatic heterocycles. The van der Waals surface area contributed by atoms with Crippen molar-refractivity contribution in [1.29, 1.82) is 0 Å². The first kappa shape index (κ1) is 68.8. The van der Waals surface area contributed by atoms with Crippen LogP contribution in [0.15, 0.2) is 160 Å². The van der Waals surface area contributed by atoms with Gasteiger partial charge < -0.3 is 25.8 Å². The van der Waals surface area contributed by atoms with Crippen LogP contribution in [0.3, 0.4) is 0 Å². The molecule has 9 heterocycles. The Morgan fingerprint density at radius 1 is 0.457 bits per heavy atom. The van der Waals surface area contributed by atoms with Gasteiger partial charge >= 0.3 is 0 Å². The molecule has 6 aromatic rings. The van der Waals surface area contributed by atoms with Crippen molar-refractivity contribution in [3.05, 3.63) is 145 Å². The molecule has 502 valence electrons. The minimum Gasteiger partial charge on any atom is -0.355 e. The van der Waals surface area contributed by atoms with Gasteiger partial charge in [0.2, 0.25) is 47.8 Å². The molecular formula is C65H83N15O11S3. The number of amides is 4. The average molecular weight is 1350 g/mol. The fraction of sp³-hybridized carbons (Fsp3) is 0.431. The molecule has 0 radical (unpaired) electrons. The molecule has 0 bridgehead atoms. The Morgan fingerprint density at radius 3 is 1.07 bits per heavy atom. The van der Waals surface area contributed by atoms with Crippen LogP contribution in [0.4, 0.5) is 0 Å². The van der Waals surface area contributed by atoms with Crippen LogP contribution in [-0.2, 0) is 49.2 Å². The normalized spacial score (nSPS) is 18.7. The van der Waals surface area contributed by atoms with Gasteiger partial charge in [-0.3, -0.25) is 38.4 Å². The maximum absolute atomic E-state index is 13.0. The molecule has 4 amide bonds. The number of likely N-dealkylation sites (N-methyl/N-ethyl adjacent to an activating group) is 2. The van der Waals surface area contributed by atoms with Crippen LogP contribution in [0.1, 0.15) is 82.8 Å². The van der Waals surface area contributed by atoms with Gasteiger partial charge in [-0.05, 0) is 144 Å². The fourth-order valence-corrected chi connectivity index (χ4v) is 16.5. The van der Waals surface area contributed by atoms with E-state index in [9.17, 15) is 44.4 Å². The van der Waals surface area contributed by atoms with Gasteiger partial charge in [0.1, 0.15) is 0 Å². The summed E-state index contributed by atoms with van der Waals surface area (Å²) in [5.74, 6) is -0.804. The lowest BCUT2D eigenvalue weighted by atomic mass is 10.1. The highest BCUT2D eigenvalue weighted by Gasteiger charge is 2.32. The van der Waals surface area contributed by atoms with Crippen LogP contribution < -0.4 is 21.4 Å². The molecule has 12 rings (SSSR count). The van der Waals surface area contributed by atoms with Crippen molar-refractivity contribution in [3.8, 4) is 33.4 Å². The molecule has 94 heavy (non-hydrogen) atoms. The third kappa shape index (κ3) is 16.2. The molecule has 3 aromatic carbocycles. The third-order valence-corrected chi connectivity index (χ3v) is 23.9. The Labute approximate surface area is 549 Å². The minimum atomic E-state index is -3.66. The van der Waals surface area contributed by atoms with E-state index in [0.29, 0.717) is 48.2 Å². The lowest BCUT2D eigenvalue weighted by Gasteiger charge is -2.31. The van der Waals surface area contributed by atoms with E-state index in [1.54, 1.807) is 106 Å². The highest BCUT2D eigenvalue weighted by molar-refractivity contribution is 7.89. The summed E-state index contributed by atoms with van der Waals surface area (Å²) >= 11 is 0. The number of nitrogens with one attached hydrogen (secondary N) is 4. The number of hydroxylamine groups is 1. The molecule has 3 saturated heterocycles. The van der Waals surface area contributed by atoms with Crippen LogP contribution >= 0.6 is 0 Å². The van der Waals surface area contributed by atoms with E-state index in [-0.39, 0.29) is 77.6 Å². The summed E-state index contributed by atoms with van der Waals surface area (Å²) in [6.45, 7) is 8.43. The minimum absolute atomic E-state index is 0.0934. The smallest absolute Gasteiger partial charge is 0.270 e. The number of aromatic nitrogens is 6. The van der Waals surface area contributed by atoms with Crippen molar-refractivity contribution in [3.63, 3.8) is 0 Å². The Balaban J connectivity index is 0.000000154. The molecule has 0 unspecified atom stereocenters. The zero-order valence-corrected chi connectivity index (χ0v) is 55.8. The van der Waals surface area contributed by atoms with Gasteiger partial charge in [0.15, 0.2) is 0 Å². The topological polar surface area (TPSA) is 309 Å². The quantitative estimate of drug-likeness (QED) is 0.0668. The van der Waals surface area contributed by atoms with E-state index in [4.69, 9.17) is 5.21 Å². The van der Waals surface area contributed by atoms with Crippen LogP contribution in [0.2, 0.25) is 0 Å². The van der Waals surface area contributed by atoms with Crippen LogP contribution in [-0.4, -0.2) is 206 Å². The number of likely N-dealkylation sites (tertiary alicyclic amines) is 2. The van der Waals surface area contributed by atoms with E-state index < -0.39 is 36.0 Å². The van der Waals surface area contributed by atoms with Gasteiger partial charge in [0.05, 0.1) is 51.4 Å². The van der Waals surface area contributed by atoms with Crippen molar-refractivity contribution in [1.82, 2.24) is 73.5 Å². The molecule has 0 spiro atoms. The second-order valence-corrected chi connectivity index (χ2v) is 29.9. The van der Waals surface area contributed by atoms with Gasteiger partial charge in [0.25, 0.3) is 5.91 Å². The van der Waals surface area contributed by atoms with E-state index in [0.717, 1.165) is 111 Å². The highest BCUT2D eigenvalue weighted by atomic mass is 32.2. The summed E-state index contributed by atoms with van der Waals surface area (Å²) in [6.07, 6.45) is 23.4. The lowest BCUT2D eigenvalue weighted by molar-refractivity contribution is -0.130. The molecule has 0 atom stereocenters. The molecule has 0 saturated carbocycles. The predicted octanol–water partition coefficient (Wildman–Crippen LogP) is 4.98. The van der Waals surface area contributed by atoms with Gasteiger partial charge in [-0.15, -0.1) is 0 Å². The number of hydrogen-bond donors (Lipinski definition) is 5. The van der Waals surface area contributed by atoms with E-state index in [1.807, 2.05) is 62.1 Å². The van der Waals surface area contributed by atoms with Crippen molar-refractivity contribution in [2.45, 2.75) is 97.5 Å². The Hall–Kier alpha value is -8.00. The number of benzene rings is 3. The molecule has 29 heteroatoms. The monoisotopic (exact) mass is 1350 g/mol. The van der Waals surface area contributed by atoms with Crippen LogP contribution in [0.5, 0.6) is 0 Å². The summed E-state index contributed by atoms with van der Waals surface area (Å²) in [4.78, 5) is 51.3. The summed E-state index contributed by atoms with van der Waals surface area (Å²) in [6, 6.07) is 21.6. The standard InChI is InChI=1S/C23H29N5O4S.C21H27N5O4S.C21H27N5O3S/c1-17(29)26-11-9-21(10-12-26)28-16-20(15-25-28)18-3-5-22(6-4-18)33(31,32)27-13-7-19(8-14-27)23(30)24-2;1-24-10-8-19(9-11-24)26-15-18(14-22-26)16-2-4-20(5-3-16)31(29,30)25-12-6-17(7-13-25)21(27)23-28;1-22-21(27)17-8-12-25(13-9-17)30(28,29)20-4-2-16(3-5-20)18-14-24-26(15-18)19-6-10-23-11-7-19/h3-7,15-16,21H,8-14H2,1-2H3,(H,24,30);2-6,14-15,19,28H,7-13H2,1H3,(H,23,27);2-5,8,14-15,19,23H,6-7,9-13H2,1H3,(H,22,27). The summed E-state index contributed by atoms with van der Waals surface area (Å²) in [7, 11) is -5.63. The van der Waals surface area contributed by atoms with Crippen LogP contribution in [0, 0.1) is 0 Å². The van der Waals surface area contributed by atoms with Crippen molar-refractivity contribution in [2.24, 2.45) is 0 Å². The molecule has 5 N–H and O–H groups in total. The first-order chi connectivity index (χ1) is 45.2. The molecule has 26 nitrogen and oxygen atoms in total. The molecule has 3 fully saturated rings. The third-order valence-electron chi connectivity index (χ3n) is 18.3. The van der Waals surface area contributed by atoms with Gasteiger partial charge in [-0.25, -0.2) is 30.7 Å². The van der Waals surface area contributed by atoms with Crippen molar-refractivity contribution >= 4 is 53.7 Å². The van der Waals surface area contributed by atoms with E-state index in [2.05, 4.69) is 43.2 Å². The number of rotatable bonds is 15. The summed E-state index contributed by atoms with van der Waals surface area (Å²) in [5.41, 5.74) is 8.81. The molecule has 0 aliphatic carbocycles. The number of carbonyl (C=O) groups excluding carboxylic acids is 4. The van der Waals surface area contributed by atoms with Crippen LogP contribution in [0.25, 0.3) is 33.4 Å². The first-order valence-electron chi connectivity index (χ1n) is 31.7. The SMILES string of the molecule is CN1CCC(n2cc(-c3ccc(S(=O)(=O)N4CC=C(C(=O)NO)CC4)cc3)cn2)CC1.CNC(=O)C1=CCN(S(=O)(=O)c2ccc(-c3cnn(C4CCN(C(C)=O)CC4)c3)cc2)CC1.CNC(=O)C1=CCN(S(=O)(=O)c2ccc(-c3cnn(C4CCNCC4)c3)cc2)CC1. The van der Waals surface area contributed by atoms with E-state index >= 15 is 0 Å². The largest absolute Gasteiger partial charge is 0.355 e. The van der Waals surface area contributed by atoms with Gasteiger partial charge in [0, 0.05) is 125 Å². The maximum atomic E-state index is 13.0. The van der Waals surface area contributed by atoms with Crippen molar-refractivity contribution in [2.75, 3.05) is 99.7 Å². The van der Waals surface area contributed by atoms with Gasteiger partial charge in [-0.2, -0.15) is 28.2 Å². The second-order valence-electron chi connectivity index (χ2n) is 24.1. The second kappa shape index (κ2) is 30.6. The van der Waals surface area contributed by atoms with Crippen molar-refractivity contribution < 1.29 is 49.6 Å². The number of hydrogen-bond acceptors (Lipinski definition) is 16. The van der Waals surface area contributed by atoms with E-state index in [1.165, 1.54) is 19.0 Å². The molecular weight excluding hydrogens is 1260 g/mol. The Morgan fingerprint density at radius 2 is 0.777 bits per heavy atom. The maximum Gasteiger partial charge on any atom is 0.270 e. The zero-order valence-electron chi connectivity index (χ0n) is 53.4. The zero-order chi connectivity index (χ0) is 66.7. The Kier molecular flexibility index (Phi) is 22.4. The fourth-order valence-electron chi connectivity index (χ4n) is 12.4. The summed E-state index contributed by atoms with van der Waals surface area (Å²) in [5, 5.41) is 30.8. The highest BCUT2D eigenvalue weighted by Crippen LogP contribution is 2.32. The van der Waals surface area contributed by atoms with Gasteiger partial charge in [-0.1, -0.05) is 54.6 Å². The molecule has 6 aliphatic rings.